The quantitative estimate of drug-likeness (QED) is 0.549. The lowest BCUT2D eigenvalue weighted by Gasteiger charge is -2.21. The van der Waals surface area contributed by atoms with E-state index in [1.165, 1.54) is 6.21 Å². The Kier molecular flexibility index (Phi) is 6.94. The summed E-state index contributed by atoms with van der Waals surface area (Å²) in [6, 6.07) is 10.4. The van der Waals surface area contributed by atoms with Gasteiger partial charge in [-0.3, -0.25) is 9.89 Å². The Morgan fingerprint density at radius 2 is 1.72 bits per heavy atom. The normalized spacial score (nSPS) is 11.5. The van der Waals surface area contributed by atoms with Gasteiger partial charge >= 0.3 is 0 Å². The monoisotopic (exact) mass is 344 g/mol. The van der Waals surface area contributed by atoms with Gasteiger partial charge in [-0.2, -0.15) is 0 Å². The van der Waals surface area contributed by atoms with Crippen LogP contribution in [0.15, 0.2) is 41.4 Å². The molecule has 0 saturated carbocycles. The number of para-hydroxylation sites is 2. The summed E-state index contributed by atoms with van der Waals surface area (Å²) in [5.41, 5.74) is 2.62. The summed E-state index contributed by atoms with van der Waals surface area (Å²) in [4.78, 5) is 6.10. The van der Waals surface area contributed by atoms with Crippen LogP contribution in [-0.2, 0) is 6.54 Å². The van der Waals surface area contributed by atoms with Gasteiger partial charge in [0.05, 0.1) is 13.2 Å². The molecule has 6 nitrogen and oxygen atoms in total. The Morgan fingerprint density at radius 1 is 1.04 bits per heavy atom. The van der Waals surface area contributed by atoms with Crippen LogP contribution in [-0.4, -0.2) is 57.8 Å². The maximum Gasteiger partial charge on any atom is 0.141 e. The number of hydrogen-bond acceptors (Lipinski definition) is 6. The number of phenolic OH excluding ortho intramolecular Hbond substituents is 2. The van der Waals surface area contributed by atoms with Crippen molar-refractivity contribution in [2.75, 3.05) is 26.3 Å². The van der Waals surface area contributed by atoms with Crippen molar-refractivity contribution in [2.45, 2.75) is 13.5 Å². The number of benzene rings is 2. The highest BCUT2D eigenvalue weighted by atomic mass is 16.3. The Hall–Kier alpha value is -2.41. The summed E-state index contributed by atoms with van der Waals surface area (Å²) >= 11 is 0. The molecule has 0 amide bonds. The van der Waals surface area contributed by atoms with Crippen molar-refractivity contribution in [3.63, 3.8) is 0 Å². The van der Waals surface area contributed by atoms with Crippen molar-refractivity contribution in [2.24, 2.45) is 4.99 Å². The van der Waals surface area contributed by atoms with Crippen molar-refractivity contribution in [3.8, 4) is 11.5 Å². The molecular formula is C19H24N2O4. The van der Waals surface area contributed by atoms with Gasteiger partial charge in [0.15, 0.2) is 0 Å². The third-order valence-electron chi connectivity index (χ3n) is 3.81. The fourth-order valence-corrected chi connectivity index (χ4v) is 2.61. The molecule has 0 unspecified atom stereocenters. The molecule has 0 fully saturated rings. The van der Waals surface area contributed by atoms with Crippen LogP contribution in [0.2, 0.25) is 0 Å². The van der Waals surface area contributed by atoms with Crippen LogP contribution < -0.4 is 0 Å². The minimum absolute atomic E-state index is 0.0197. The number of aryl methyl sites for hydroxylation is 1. The minimum Gasteiger partial charge on any atom is -0.507 e. The second-order valence-corrected chi connectivity index (χ2v) is 5.83. The van der Waals surface area contributed by atoms with E-state index in [2.05, 4.69) is 4.99 Å². The molecule has 0 saturated heterocycles. The maximum absolute atomic E-state index is 10.5. The van der Waals surface area contributed by atoms with Gasteiger partial charge in [-0.1, -0.05) is 18.2 Å². The highest BCUT2D eigenvalue weighted by Crippen LogP contribution is 2.28. The Bertz CT molecular complexity index is 725. The first kappa shape index (κ1) is 18.9. The fraction of sp³-hybridized carbons (Fsp3) is 0.316. The van der Waals surface area contributed by atoms with Crippen molar-refractivity contribution in [3.05, 3.63) is 53.1 Å². The highest BCUT2D eigenvalue weighted by molar-refractivity contribution is 5.86. The molecule has 0 atom stereocenters. The van der Waals surface area contributed by atoms with Gasteiger partial charge in [0, 0.05) is 37.0 Å². The van der Waals surface area contributed by atoms with Crippen LogP contribution in [0.3, 0.4) is 0 Å². The third kappa shape index (κ3) is 5.29. The molecule has 4 N–H and O–H groups in total. The highest BCUT2D eigenvalue weighted by Gasteiger charge is 2.12. The molecule has 0 aliphatic heterocycles. The van der Waals surface area contributed by atoms with Crippen LogP contribution >= 0.6 is 0 Å². The van der Waals surface area contributed by atoms with Crippen molar-refractivity contribution >= 4 is 11.9 Å². The van der Waals surface area contributed by atoms with Gasteiger partial charge in [-0.25, -0.2) is 0 Å². The Balaban J connectivity index is 2.28. The minimum atomic E-state index is -0.0197. The number of nitrogens with zero attached hydrogens (tertiary/aromatic N) is 2. The Labute approximate surface area is 147 Å². The van der Waals surface area contributed by atoms with Gasteiger partial charge in [0.1, 0.15) is 17.2 Å². The van der Waals surface area contributed by atoms with Crippen LogP contribution in [0, 0.1) is 6.92 Å². The van der Waals surface area contributed by atoms with Crippen LogP contribution in [0.1, 0.15) is 16.7 Å². The van der Waals surface area contributed by atoms with Crippen molar-refractivity contribution in [1.82, 2.24) is 4.90 Å². The number of rotatable bonds is 8. The molecule has 0 bridgehead atoms. The third-order valence-corrected chi connectivity index (χ3v) is 3.81. The first-order valence-electron chi connectivity index (χ1n) is 8.13. The maximum atomic E-state index is 10.5. The van der Waals surface area contributed by atoms with Gasteiger partial charge in [0.25, 0.3) is 0 Å². The number of aliphatic imine (C=N–C) groups is 1. The molecule has 2 aromatic carbocycles. The lowest BCUT2D eigenvalue weighted by atomic mass is 10.0. The zero-order valence-corrected chi connectivity index (χ0v) is 14.3. The summed E-state index contributed by atoms with van der Waals surface area (Å²) in [6.45, 7) is 3.11. The summed E-state index contributed by atoms with van der Waals surface area (Å²) in [5.74, 6) is 0.175. The van der Waals surface area contributed by atoms with Crippen LogP contribution in [0.4, 0.5) is 5.69 Å². The van der Waals surface area contributed by atoms with E-state index in [9.17, 15) is 10.2 Å². The molecular weight excluding hydrogens is 320 g/mol. The van der Waals surface area contributed by atoms with E-state index in [1.54, 1.807) is 24.3 Å². The predicted octanol–water partition coefficient (Wildman–Crippen LogP) is 1.94. The summed E-state index contributed by atoms with van der Waals surface area (Å²) in [7, 11) is 0. The second kappa shape index (κ2) is 9.17. The molecule has 2 aromatic rings. The van der Waals surface area contributed by atoms with Gasteiger partial charge in [-0.05, 0) is 30.7 Å². The van der Waals surface area contributed by atoms with E-state index in [4.69, 9.17) is 10.2 Å². The van der Waals surface area contributed by atoms with Gasteiger partial charge in [-0.15, -0.1) is 0 Å². The van der Waals surface area contributed by atoms with Crippen LogP contribution in [0.25, 0.3) is 0 Å². The Morgan fingerprint density at radius 3 is 2.36 bits per heavy atom. The smallest absolute Gasteiger partial charge is 0.141 e. The van der Waals surface area contributed by atoms with E-state index in [0.29, 0.717) is 36.4 Å². The van der Waals surface area contributed by atoms with E-state index in [1.807, 2.05) is 24.0 Å². The number of hydrogen-bond donors (Lipinski definition) is 4. The zero-order valence-electron chi connectivity index (χ0n) is 14.3. The molecule has 0 heterocycles. The topological polar surface area (TPSA) is 96.5 Å². The second-order valence-electron chi connectivity index (χ2n) is 5.83. The molecule has 0 radical (unpaired) electrons. The fourth-order valence-electron chi connectivity index (χ4n) is 2.61. The molecule has 134 valence electrons. The lowest BCUT2D eigenvalue weighted by molar-refractivity contribution is 0.155. The largest absolute Gasteiger partial charge is 0.507 e. The van der Waals surface area contributed by atoms with Gasteiger partial charge < -0.3 is 20.4 Å². The molecule has 0 aliphatic rings. The average Bonchev–Trinajstić information content (AvgIpc) is 2.58. The van der Waals surface area contributed by atoms with E-state index in [0.717, 1.165) is 5.56 Å². The lowest BCUT2D eigenvalue weighted by Crippen LogP contribution is -2.29. The van der Waals surface area contributed by atoms with E-state index in [-0.39, 0.29) is 24.7 Å². The summed E-state index contributed by atoms with van der Waals surface area (Å²) in [6.07, 6.45) is 1.52. The number of phenols is 2. The molecule has 25 heavy (non-hydrogen) atoms. The first-order chi connectivity index (χ1) is 12.0. The number of aliphatic hydroxyl groups excluding tert-OH is 2. The SMILES string of the molecule is Cc1cc(C=Nc2ccccc2O)c(O)c(CN(CCO)CCO)c1. The molecule has 0 aliphatic carbocycles. The average molecular weight is 344 g/mol. The summed E-state index contributed by atoms with van der Waals surface area (Å²) < 4.78 is 0. The molecule has 2 rings (SSSR count). The number of aliphatic hydroxyl groups is 2. The summed E-state index contributed by atoms with van der Waals surface area (Å²) in [5, 5.41) is 38.6. The van der Waals surface area contributed by atoms with E-state index < -0.39 is 0 Å². The van der Waals surface area contributed by atoms with Crippen molar-refractivity contribution < 1.29 is 20.4 Å². The van der Waals surface area contributed by atoms with Gasteiger partial charge in [0.2, 0.25) is 0 Å². The standard InChI is InChI=1S/C19H24N2O4/c1-14-10-15(12-20-17-4-2-3-5-18(17)24)19(25)16(11-14)13-21(6-8-22)7-9-23/h2-5,10-12,22-25H,6-9,13H2,1H3. The first-order valence-corrected chi connectivity index (χ1v) is 8.13. The van der Waals surface area contributed by atoms with E-state index >= 15 is 0 Å². The predicted molar refractivity (Wildman–Crippen MR) is 97.7 cm³/mol. The van der Waals surface area contributed by atoms with Crippen molar-refractivity contribution in [1.29, 1.82) is 0 Å². The zero-order chi connectivity index (χ0) is 18.2. The molecule has 0 aromatic heterocycles. The number of aromatic hydroxyl groups is 2. The molecule has 0 spiro atoms. The van der Waals surface area contributed by atoms with Crippen LogP contribution in [0.5, 0.6) is 11.5 Å². The molecule has 6 heteroatoms.